The SMILES string of the molecule is CCCNCc1nc(Cn2cc(C)cn2)cs1. The third-order valence-corrected chi connectivity index (χ3v) is 3.29. The van der Waals surface area contributed by atoms with Gasteiger partial charge in [0.2, 0.25) is 0 Å². The first-order chi connectivity index (χ1) is 8.28. The van der Waals surface area contributed by atoms with Crippen LogP contribution in [0, 0.1) is 6.92 Å². The summed E-state index contributed by atoms with van der Waals surface area (Å²) in [4.78, 5) is 4.58. The van der Waals surface area contributed by atoms with E-state index in [9.17, 15) is 0 Å². The molecule has 1 N–H and O–H groups in total. The van der Waals surface area contributed by atoms with Crippen LogP contribution in [0.5, 0.6) is 0 Å². The molecule has 0 amide bonds. The van der Waals surface area contributed by atoms with Crippen molar-refractivity contribution >= 4 is 11.3 Å². The van der Waals surface area contributed by atoms with Crippen molar-refractivity contribution in [2.24, 2.45) is 0 Å². The minimum atomic E-state index is 0.762. The highest BCUT2D eigenvalue weighted by Gasteiger charge is 2.03. The van der Waals surface area contributed by atoms with E-state index in [0.29, 0.717) is 0 Å². The monoisotopic (exact) mass is 250 g/mol. The number of aryl methyl sites for hydroxylation is 1. The standard InChI is InChI=1S/C12H18N4S/c1-3-4-13-6-12-15-11(9-17-12)8-16-7-10(2)5-14-16/h5,7,9,13H,3-4,6,8H2,1-2H3. The third kappa shape index (κ3) is 3.64. The molecule has 4 nitrogen and oxygen atoms in total. The number of hydrogen-bond acceptors (Lipinski definition) is 4. The van der Waals surface area contributed by atoms with E-state index < -0.39 is 0 Å². The molecule has 0 saturated carbocycles. The first kappa shape index (κ1) is 12.3. The molecule has 0 aromatic carbocycles. The van der Waals surface area contributed by atoms with Crippen LogP contribution in [0.15, 0.2) is 17.8 Å². The van der Waals surface area contributed by atoms with E-state index in [0.717, 1.165) is 36.8 Å². The lowest BCUT2D eigenvalue weighted by atomic mass is 10.4. The van der Waals surface area contributed by atoms with E-state index in [1.165, 1.54) is 5.56 Å². The Morgan fingerprint density at radius 3 is 3.06 bits per heavy atom. The third-order valence-electron chi connectivity index (χ3n) is 2.39. The van der Waals surface area contributed by atoms with E-state index >= 15 is 0 Å². The second kappa shape index (κ2) is 5.93. The van der Waals surface area contributed by atoms with Gasteiger partial charge in [0.25, 0.3) is 0 Å². The minimum Gasteiger partial charge on any atom is -0.310 e. The zero-order valence-electron chi connectivity index (χ0n) is 10.3. The van der Waals surface area contributed by atoms with Crippen LogP contribution >= 0.6 is 11.3 Å². The van der Waals surface area contributed by atoms with Gasteiger partial charge in [-0.15, -0.1) is 11.3 Å². The van der Waals surface area contributed by atoms with Crippen LogP contribution < -0.4 is 5.32 Å². The summed E-state index contributed by atoms with van der Waals surface area (Å²) >= 11 is 1.71. The van der Waals surface area contributed by atoms with Gasteiger partial charge in [-0.3, -0.25) is 4.68 Å². The van der Waals surface area contributed by atoms with E-state index in [1.807, 2.05) is 24.0 Å². The highest BCUT2D eigenvalue weighted by atomic mass is 32.1. The van der Waals surface area contributed by atoms with Crippen LogP contribution in [0.2, 0.25) is 0 Å². The second-order valence-corrected chi connectivity index (χ2v) is 5.07. The highest BCUT2D eigenvalue weighted by molar-refractivity contribution is 7.09. The molecule has 2 rings (SSSR count). The van der Waals surface area contributed by atoms with Gasteiger partial charge < -0.3 is 5.32 Å². The van der Waals surface area contributed by atoms with Crippen LogP contribution in [-0.2, 0) is 13.1 Å². The molecule has 0 atom stereocenters. The lowest BCUT2D eigenvalue weighted by Crippen LogP contribution is -2.13. The van der Waals surface area contributed by atoms with E-state index in [1.54, 1.807) is 11.3 Å². The van der Waals surface area contributed by atoms with Gasteiger partial charge in [0.05, 0.1) is 18.4 Å². The van der Waals surface area contributed by atoms with Crippen molar-refractivity contribution in [2.75, 3.05) is 6.54 Å². The molecule has 0 aliphatic carbocycles. The molecule has 92 valence electrons. The number of thiazole rings is 1. The van der Waals surface area contributed by atoms with Crippen molar-refractivity contribution in [1.82, 2.24) is 20.1 Å². The maximum absolute atomic E-state index is 4.58. The van der Waals surface area contributed by atoms with Gasteiger partial charge >= 0.3 is 0 Å². The Kier molecular flexibility index (Phi) is 4.28. The fourth-order valence-electron chi connectivity index (χ4n) is 1.59. The van der Waals surface area contributed by atoms with Crippen LogP contribution in [0.25, 0.3) is 0 Å². The van der Waals surface area contributed by atoms with Gasteiger partial charge in [-0.2, -0.15) is 5.10 Å². The van der Waals surface area contributed by atoms with Crippen LogP contribution in [0.1, 0.15) is 29.6 Å². The molecule has 0 aliphatic rings. The van der Waals surface area contributed by atoms with Crippen molar-refractivity contribution in [3.05, 3.63) is 34.0 Å². The average Bonchev–Trinajstić information content (AvgIpc) is 2.90. The molecule has 0 bridgehead atoms. The average molecular weight is 250 g/mol. The molecule has 5 heteroatoms. The molecule has 0 fully saturated rings. The first-order valence-electron chi connectivity index (χ1n) is 5.91. The summed E-state index contributed by atoms with van der Waals surface area (Å²) in [5.41, 5.74) is 2.27. The molecule has 0 unspecified atom stereocenters. The van der Waals surface area contributed by atoms with Crippen LogP contribution in [0.3, 0.4) is 0 Å². The topological polar surface area (TPSA) is 42.7 Å². The Hall–Kier alpha value is -1.20. The zero-order chi connectivity index (χ0) is 12.1. The molecule has 0 radical (unpaired) electrons. The van der Waals surface area contributed by atoms with Crippen LogP contribution in [-0.4, -0.2) is 21.3 Å². The summed E-state index contributed by atoms with van der Waals surface area (Å²) in [7, 11) is 0. The number of nitrogens with zero attached hydrogens (tertiary/aromatic N) is 3. The normalized spacial score (nSPS) is 10.9. The molecule has 0 saturated heterocycles. The summed E-state index contributed by atoms with van der Waals surface area (Å²) in [6.45, 7) is 6.90. The van der Waals surface area contributed by atoms with Gasteiger partial charge in [0.1, 0.15) is 5.01 Å². The molecule has 2 aromatic heterocycles. The summed E-state index contributed by atoms with van der Waals surface area (Å²) in [5.74, 6) is 0. The van der Waals surface area contributed by atoms with Gasteiger partial charge in [-0.25, -0.2) is 4.98 Å². The number of nitrogens with one attached hydrogen (secondary N) is 1. The predicted molar refractivity (Wildman–Crippen MR) is 70.2 cm³/mol. The Bertz CT molecular complexity index is 461. The van der Waals surface area contributed by atoms with Gasteiger partial charge in [-0.05, 0) is 25.5 Å². The molecule has 2 aromatic rings. The molecular weight excluding hydrogens is 232 g/mol. The Labute approximate surface area is 106 Å². The number of hydrogen-bond donors (Lipinski definition) is 1. The Balaban J connectivity index is 1.89. The minimum absolute atomic E-state index is 0.762. The lowest BCUT2D eigenvalue weighted by molar-refractivity contribution is 0.656. The summed E-state index contributed by atoms with van der Waals surface area (Å²) in [5, 5.41) is 10.9. The van der Waals surface area contributed by atoms with Gasteiger partial charge in [0, 0.05) is 18.1 Å². The Morgan fingerprint density at radius 2 is 2.35 bits per heavy atom. The predicted octanol–water partition coefficient (Wildman–Crippen LogP) is 2.20. The van der Waals surface area contributed by atoms with Crippen LogP contribution in [0.4, 0.5) is 0 Å². The molecule has 0 aliphatic heterocycles. The van der Waals surface area contributed by atoms with Gasteiger partial charge in [-0.1, -0.05) is 6.92 Å². The first-order valence-corrected chi connectivity index (χ1v) is 6.79. The molecular formula is C12H18N4S. The summed E-state index contributed by atoms with van der Waals surface area (Å²) < 4.78 is 1.92. The number of aromatic nitrogens is 3. The van der Waals surface area contributed by atoms with Crippen molar-refractivity contribution in [2.45, 2.75) is 33.4 Å². The van der Waals surface area contributed by atoms with E-state index in [-0.39, 0.29) is 0 Å². The fourth-order valence-corrected chi connectivity index (χ4v) is 2.35. The molecule has 0 spiro atoms. The van der Waals surface area contributed by atoms with E-state index in [4.69, 9.17) is 0 Å². The highest BCUT2D eigenvalue weighted by Crippen LogP contribution is 2.10. The fraction of sp³-hybridized carbons (Fsp3) is 0.500. The van der Waals surface area contributed by atoms with Crippen molar-refractivity contribution in [3.8, 4) is 0 Å². The number of rotatable bonds is 6. The summed E-state index contributed by atoms with van der Waals surface area (Å²) in [6.07, 6.45) is 5.06. The molecule has 2 heterocycles. The smallest absolute Gasteiger partial charge is 0.107 e. The van der Waals surface area contributed by atoms with E-state index in [2.05, 4.69) is 27.7 Å². The lowest BCUT2D eigenvalue weighted by Gasteiger charge is -1.98. The largest absolute Gasteiger partial charge is 0.310 e. The van der Waals surface area contributed by atoms with Crippen molar-refractivity contribution in [3.63, 3.8) is 0 Å². The maximum Gasteiger partial charge on any atom is 0.107 e. The van der Waals surface area contributed by atoms with Gasteiger partial charge in [0.15, 0.2) is 0 Å². The maximum atomic E-state index is 4.58. The Morgan fingerprint density at radius 1 is 1.47 bits per heavy atom. The van der Waals surface area contributed by atoms with Crippen molar-refractivity contribution in [1.29, 1.82) is 0 Å². The molecule has 17 heavy (non-hydrogen) atoms. The quantitative estimate of drug-likeness (QED) is 0.799. The second-order valence-electron chi connectivity index (χ2n) is 4.12. The zero-order valence-corrected chi connectivity index (χ0v) is 11.1. The summed E-state index contributed by atoms with van der Waals surface area (Å²) in [6, 6.07) is 0. The van der Waals surface area contributed by atoms with Crippen molar-refractivity contribution < 1.29 is 0 Å².